The number of esters is 2. The van der Waals surface area contributed by atoms with Crippen molar-refractivity contribution >= 4 is 34.5 Å². The molecule has 0 radical (unpaired) electrons. The van der Waals surface area contributed by atoms with Gasteiger partial charge in [0.2, 0.25) is 0 Å². The van der Waals surface area contributed by atoms with Crippen molar-refractivity contribution < 1.29 is 23.8 Å². The van der Waals surface area contributed by atoms with E-state index in [1.807, 2.05) is 24.3 Å². The molecule has 0 aliphatic rings. The lowest BCUT2D eigenvalue weighted by Crippen LogP contribution is -2.28. The van der Waals surface area contributed by atoms with Gasteiger partial charge >= 0.3 is 11.9 Å². The van der Waals surface area contributed by atoms with Crippen LogP contribution < -0.4 is 4.74 Å². The van der Waals surface area contributed by atoms with E-state index >= 15 is 0 Å². The first-order valence-corrected chi connectivity index (χ1v) is 8.88. The zero-order valence-electron chi connectivity index (χ0n) is 13.5. The molecule has 0 aliphatic heterocycles. The highest BCUT2D eigenvalue weighted by Gasteiger charge is 2.28. The van der Waals surface area contributed by atoms with E-state index in [1.54, 1.807) is 13.8 Å². The van der Waals surface area contributed by atoms with Crippen molar-refractivity contribution in [2.45, 2.75) is 33.1 Å². The summed E-state index contributed by atoms with van der Waals surface area (Å²) < 4.78 is 16.7. The fraction of sp³-hybridized carbons (Fsp3) is 0.529. The lowest BCUT2D eigenvalue weighted by Gasteiger charge is -2.14. The van der Waals surface area contributed by atoms with Crippen molar-refractivity contribution in [1.29, 1.82) is 0 Å². The lowest BCUT2D eigenvalue weighted by molar-refractivity contribution is -0.162. The minimum atomic E-state index is -0.840. The van der Waals surface area contributed by atoms with Crippen LogP contribution >= 0.6 is 22.6 Å². The SMILES string of the molecule is CCOC(=O)C(CCCCOc1ccc(I)cc1)C(=O)OCC. The molecule has 0 unspecified atom stereocenters. The molecule has 0 N–H and O–H groups in total. The molecule has 5 nitrogen and oxygen atoms in total. The molecule has 6 heteroatoms. The van der Waals surface area contributed by atoms with Gasteiger partial charge in [0.15, 0.2) is 5.92 Å². The predicted molar refractivity (Wildman–Crippen MR) is 95.3 cm³/mol. The van der Waals surface area contributed by atoms with Gasteiger partial charge in [-0.05, 0) is 80.0 Å². The van der Waals surface area contributed by atoms with E-state index in [4.69, 9.17) is 14.2 Å². The minimum absolute atomic E-state index is 0.255. The number of rotatable bonds is 10. The summed E-state index contributed by atoms with van der Waals surface area (Å²) in [6.45, 7) is 4.48. The number of hydrogen-bond acceptors (Lipinski definition) is 5. The first kappa shape index (κ1) is 19.7. The normalized spacial score (nSPS) is 10.4. The molecule has 128 valence electrons. The van der Waals surface area contributed by atoms with Gasteiger partial charge in [-0.1, -0.05) is 0 Å². The first-order valence-electron chi connectivity index (χ1n) is 7.80. The fourth-order valence-electron chi connectivity index (χ4n) is 1.99. The third-order valence-electron chi connectivity index (χ3n) is 3.11. The summed E-state index contributed by atoms with van der Waals surface area (Å²) >= 11 is 2.24. The van der Waals surface area contributed by atoms with Crippen molar-refractivity contribution in [1.82, 2.24) is 0 Å². The second kappa shape index (κ2) is 11.3. The highest BCUT2D eigenvalue weighted by molar-refractivity contribution is 14.1. The van der Waals surface area contributed by atoms with Gasteiger partial charge in [0.05, 0.1) is 19.8 Å². The van der Waals surface area contributed by atoms with Gasteiger partial charge in [0, 0.05) is 3.57 Å². The lowest BCUT2D eigenvalue weighted by atomic mass is 10.0. The summed E-state index contributed by atoms with van der Waals surface area (Å²) in [6.07, 6.45) is 1.85. The zero-order valence-corrected chi connectivity index (χ0v) is 15.7. The average molecular weight is 434 g/mol. The molecule has 0 bridgehead atoms. The number of halogens is 1. The highest BCUT2D eigenvalue weighted by atomic mass is 127. The third kappa shape index (κ3) is 7.67. The average Bonchev–Trinajstić information content (AvgIpc) is 2.53. The molecule has 0 fully saturated rings. The Morgan fingerprint density at radius 1 is 1.00 bits per heavy atom. The number of carbonyl (C=O) groups is 2. The summed E-state index contributed by atoms with van der Waals surface area (Å²) in [4.78, 5) is 23.6. The second-order valence-corrected chi connectivity index (χ2v) is 6.10. The molecular formula is C17H23IO5. The van der Waals surface area contributed by atoms with E-state index in [0.717, 1.165) is 15.7 Å². The van der Waals surface area contributed by atoms with Gasteiger partial charge in [-0.2, -0.15) is 0 Å². The Bertz CT molecular complexity index is 468. The monoisotopic (exact) mass is 434 g/mol. The second-order valence-electron chi connectivity index (χ2n) is 4.85. The van der Waals surface area contributed by atoms with Crippen molar-refractivity contribution in [3.63, 3.8) is 0 Å². The van der Waals surface area contributed by atoms with Crippen LogP contribution in [0.4, 0.5) is 0 Å². The van der Waals surface area contributed by atoms with Crippen molar-refractivity contribution in [2.75, 3.05) is 19.8 Å². The Morgan fingerprint density at radius 3 is 2.09 bits per heavy atom. The van der Waals surface area contributed by atoms with Crippen LogP contribution in [0.15, 0.2) is 24.3 Å². The van der Waals surface area contributed by atoms with Crippen molar-refractivity contribution in [3.8, 4) is 5.75 Å². The molecule has 0 saturated heterocycles. The largest absolute Gasteiger partial charge is 0.494 e. The van der Waals surface area contributed by atoms with Crippen LogP contribution in [0, 0.1) is 9.49 Å². The summed E-state index contributed by atoms with van der Waals surface area (Å²) in [5, 5.41) is 0. The molecule has 0 amide bonds. The van der Waals surface area contributed by atoms with Crippen LogP contribution in [0.5, 0.6) is 5.75 Å². The van der Waals surface area contributed by atoms with E-state index in [0.29, 0.717) is 19.4 Å². The van der Waals surface area contributed by atoms with E-state index in [2.05, 4.69) is 22.6 Å². The molecule has 0 aromatic heterocycles. The van der Waals surface area contributed by atoms with E-state index < -0.39 is 17.9 Å². The van der Waals surface area contributed by atoms with Crippen LogP contribution in [-0.2, 0) is 19.1 Å². The maximum Gasteiger partial charge on any atom is 0.320 e. The molecule has 0 spiro atoms. The highest BCUT2D eigenvalue weighted by Crippen LogP contribution is 2.16. The van der Waals surface area contributed by atoms with Crippen molar-refractivity contribution in [3.05, 3.63) is 27.8 Å². The molecule has 23 heavy (non-hydrogen) atoms. The minimum Gasteiger partial charge on any atom is -0.494 e. The van der Waals surface area contributed by atoms with Gasteiger partial charge in [0.25, 0.3) is 0 Å². The fourth-order valence-corrected chi connectivity index (χ4v) is 2.35. The molecule has 1 aromatic carbocycles. The predicted octanol–water partition coefficient (Wildman–Crippen LogP) is 3.58. The Morgan fingerprint density at radius 2 is 1.57 bits per heavy atom. The van der Waals surface area contributed by atoms with Crippen LogP contribution in [0.2, 0.25) is 0 Å². The van der Waals surface area contributed by atoms with Crippen LogP contribution in [0.25, 0.3) is 0 Å². The molecule has 0 heterocycles. The summed E-state index contributed by atoms with van der Waals surface area (Å²) in [5.41, 5.74) is 0. The van der Waals surface area contributed by atoms with Gasteiger partial charge < -0.3 is 14.2 Å². The number of ether oxygens (including phenoxy) is 3. The third-order valence-corrected chi connectivity index (χ3v) is 3.83. The Hall–Kier alpha value is -1.31. The smallest absolute Gasteiger partial charge is 0.320 e. The quantitative estimate of drug-likeness (QED) is 0.244. The maximum atomic E-state index is 11.8. The zero-order chi connectivity index (χ0) is 17.1. The van der Waals surface area contributed by atoms with Gasteiger partial charge in [0.1, 0.15) is 5.75 Å². The molecule has 1 aromatic rings. The summed E-state index contributed by atoms with van der Waals surface area (Å²) in [7, 11) is 0. The number of unbranched alkanes of at least 4 members (excludes halogenated alkanes) is 1. The Balaban J connectivity index is 2.35. The van der Waals surface area contributed by atoms with Gasteiger partial charge in [-0.15, -0.1) is 0 Å². The van der Waals surface area contributed by atoms with E-state index in [9.17, 15) is 9.59 Å². The van der Waals surface area contributed by atoms with Gasteiger partial charge in [-0.25, -0.2) is 0 Å². The van der Waals surface area contributed by atoms with Crippen molar-refractivity contribution in [2.24, 2.45) is 5.92 Å². The number of benzene rings is 1. The van der Waals surface area contributed by atoms with E-state index in [1.165, 1.54) is 0 Å². The van der Waals surface area contributed by atoms with Gasteiger partial charge in [-0.3, -0.25) is 9.59 Å². The standard InChI is InChI=1S/C17H23IO5/c1-3-21-16(19)15(17(20)22-4-2)7-5-6-12-23-14-10-8-13(18)9-11-14/h8-11,15H,3-7,12H2,1-2H3. The van der Waals surface area contributed by atoms with E-state index in [-0.39, 0.29) is 13.2 Å². The topological polar surface area (TPSA) is 61.8 Å². The maximum absolute atomic E-state index is 11.8. The number of hydrogen-bond donors (Lipinski definition) is 0. The summed E-state index contributed by atoms with van der Waals surface area (Å²) in [5.74, 6) is -1.04. The van der Waals surface area contributed by atoms with Crippen LogP contribution in [0.1, 0.15) is 33.1 Å². The molecule has 0 saturated carbocycles. The first-order chi connectivity index (χ1) is 11.1. The Kier molecular flexibility index (Phi) is 9.66. The molecular weight excluding hydrogens is 411 g/mol. The van der Waals surface area contributed by atoms with Crippen LogP contribution in [0.3, 0.4) is 0 Å². The molecule has 1 rings (SSSR count). The molecule has 0 atom stereocenters. The summed E-state index contributed by atoms with van der Waals surface area (Å²) in [6, 6.07) is 7.80. The Labute approximate surface area is 150 Å². The van der Waals surface area contributed by atoms with Crippen LogP contribution in [-0.4, -0.2) is 31.8 Å². The number of carbonyl (C=O) groups excluding carboxylic acids is 2. The molecule has 0 aliphatic carbocycles.